The van der Waals surface area contributed by atoms with Crippen LogP contribution in [0, 0.1) is 5.92 Å². The third-order valence-electron chi connectivity index (χ3n) is 6.48. The summed E-state index contributed by atoms with van der Waals surface area (Å²) in [5, 5.41) is 8.81. The number of nitrogens with one attached hydrogen (secondary N) is 2. The lowest BCUT2D eigenvalue weighted by molar-refractivity contribution is -0.122. The summed E-state index contributed by atoms with van der Waals surface area (Å²) in [4.78, 5) is 25.3. The highest BCUT2D eigenvalue weighted by atomic mass is 16.1. The van der Waals surface area contributed by atoms with Gasteiger partial charge in [-0.3, -0.25) is 9.59 Å². The van der Waals surface area contributed by atoms with Gasteiger partial charge in [-0.25, -0.2) is 0 Å². The van der Waals surface area contributed by atoms with Crippen molar-refractivity contribution in [2.24, 2.45) is 5.92 Å². The third-order valence-corrected chi connectivity index (χ3v) is 6.48. The Balaban J connectivity index is 1.39. The molecule has 0 amide bonds. The Morgan fingerprint density at radius 2 is 1.58 bits per heavy atom. The van der Waals surface area contributed by atoms with Crippen molar-refractivity contribution in [3.63, 3.8) is 0 Å². The largest absolute Gasteiger partial charge is 0.310 e. The topological polar surface area (TPSA) is 58.2 Å². The monoisotopic (exact) mass is 414 g/mol. The standard InChI is InChI=1S/C27H30N2O2/c1-18(30)25(14-19-11-12-20-7-3-4-8-21(20)13-19)29-17-26(31)27(28-2)24-15-22-9-5-6-10-23(22)16-24/h3-13,24-25,27-29H,14-17H2,1-2H3/t25-,27-/m0/s1. The molecule has 0 radical (unpaired) electrons. The lowest BCUT2D eigenvalue weighted by Gasteiger charge is -2.23. The average molecular weight is 415 g/mol. The van der Waals surface area contributed by atoms with Gasteiger partial charge in [-0.2, -0.15) is 0 Å². The summed E-state index contributed by atoms with van der Waals surface area (Å²) in [5.41, 5.74) is 3.77. The molecular weight excluding hydrogens is 384 g/mol. The van der Waals surface area contributed by atoms with Gasteiger partial charge in [-0.15, -0.1) is 0 Å². The van der Waals surface area contributed by atoms with Gasteiger partial charge in [-0.1, -0.05) is 66.7 Å². The number of carbonyl (C=O) groups excluding carboxylic acids is 2. The molecule has 3 aromatic carbocycles. The predicted molar refractivity (Wildman–Crippen MR) is 125 cm³/mol. The first-order valence-electron chi connectivity index (χ1n) is 11.0. The van der Waals surface area contributed by atoms with E-state index in [9.17, 15) is 9.59 Å². The molecule has 0 bridgehead atoms. The molecule has 0 saturated carbocycles. The third kappa shape index (κ3) is 4.92. The number of hydrogen-bond acceptors (Lipinski definition) is 4. The van der Waals surface area contributed by atoms with Gasteiger partial charge in [0.05, 0.1) is 18.6 Å². The molecule has 2 atom stereocenters. The van der Waals surface area contributed by atoms with Crippen molar-refractivity contribution in [2.45, 2.75) is 38.3 Å². The second-order valence-corrected chi connectivity index (χ2v) is 8.60. The fraction of sp³-hybridized carbons (Fsp3) is 0.333. The van der Waals surface area contributed by atoms with Gasteiger partial charge in [-0.05, 0) is 66.6 Å². The normalized spacial score (nSPS) is 15.5. The molecule has 0 spiro atoms. The summed E-state index contributed by atoms with van der Waals surface area (Å²) >= 11 is 0. The fourth-order valence-corrected chi connectivity index (χ4v) is 4.78. The Hall–Kier alpha value is -2.82. The number of carbonyl (C=O) groups is 2. The maximum atomic E-state index is 13.0. The van der Waals surface area contributed by atoms with E-state index in [2.05, 4.69) is 65.2 Å². The summed E-state index contributed by atoms with van der Waals surface area (Å²) in [6.45, 7) is 1.78. The Bertz CT molecular complexity index is 1070. The molecule has 1 aliphatic rings. The smallest absolute Gasteiger partial charge is 0.163 e. The number of fused-ring (bicyclic) bond motifs is 2. The summed E-state index contributed by atoms with van der Waals surface area (Å²) < 4.78 is 0. The second-order valence-electron chi connectivity index (χ2n) is 8.60. The van der Waals surface area contributed by atoms with Crippen LogP contribution in [-0.4, -0.2) is 37.2 Å². The number of ketones is 2. The van der Waals surface area contributed by atoms with E-state index in [1.807, 2.05) is 19.2 Å². The van der Waals surface area contributed by atoms with Gasteiger partial charge in [0.15, 0.2) is 5.78 Å². The predicted octanol–water partition coefficient (Wildman–Crippen LogP) is 3.50. The highest BCUT2D eigenvalue weighted by Crippen LogP contribution is 2.29. The van der Waals surface area contributed by atoms with E-state index >= 15 is 0 Å². The average Bonchev–Trinajstić information content (AvgIpc) is 3.20. The molecule has 0 heterocycles. The lowest BCUT2D eigenvalue weighted by atomic mass is 9.92. The van der Waals surface area contributed by atoms with Crippen LogP contribution in [0.4, 0.5) is 0 Å². The molecule has 31 heavy (non-hydrogen) atoms. The molecule has 0 saturated heterocycles. The van der Waals surface area contributed by atoms with Crippen molar-refractivity contribution in [3.05, 3.63) is 83.4 Å². The van der Waals surface area contributed by atoms with Crippen LogP contribution < -0.4 is 10.6 Å². The van der Waals surface area contributed by atoms with Gasteiger partial charge in [0.1, 0.15) is 5.78 Å². The lowest BCUT2D eigenvalue weighted by Crippen LogP contribution is -2.48. The van der Waals surface area contributed by atoms with Crippen LogP contribution in [0.5, 0.6) is 0 Å². The van der Waals surface area contributed by atoms with Gasteiger partial charge in [0, 0.05) is 0 Å². The summed E-state index contributed by atoms with van der Waals surface area (Å²) in [6, 6.07) is 22.3. The molecule has 4 nitrogen and oxygen atoms in total. The zero-order valence-corrected chi connectivity index (χ0v) is 18.2. The van der Waals surface area contributed by atoms with E-state index in [0.717, 1.165) is 23.8 Å². The van der Waals surface area contributed by atoms with Crippen LogP contribution in [-0.2, 0) is 28.9 Å². The minimum absolute atomic E-state index is 0.0511. The number of likely N-dealkylation sites (N-methyl/N-ethyl adjacent to an activating group) is 1. The maximum absolute atomic E-state index is 13.0. The quantitative estimate of drug-likeness (QED) is 0.563. The van der Waals surface area contributed by atoms with E-state index in [1.165, 1.54) is 16.5 Å². The van der Waals surface area contributed by atoms with Crippen molar-refractivity contribution in [3.8, 4) is 0 Å². The van der Waals surface area contributed by atoms with Gasteiger partial charge in [0.25, 0.3) is 0 Å². The Morgan fingerprint density at radius 3 is 2.23 bits per heavy atom. The Kier molecular flexibility index (Phi) is 6.59. The SMILES string of the molecule is CN[C@H](C(=O)CN[C@@H](Cc1ccc2ccccc2c1)C(C)=O)C1Cc2ccccc2C1. The minimum atomic E-state index is -0.372. The molecule has 3 aromatic rings. The first kappa shape index (κ1) is 21.4. The zero-order valence-electron chi connectivity index (χ0n) is 18.2. The molecule has 0 aromatic heterocycles. The highest BCUT2D eigenvalue weighted by molar-refractivity contribution is 5.88. The minimum Gasteiger partial charge on any atom is -0.310 e. The van der Waals surface area contributed by atoms with E-state index in [1.54, 1.807) is 6.92 Å². The summed E-state index contributed by atoms with van der Waals surface area (Å²) in [6.07, 6.45) is 2.41. The molecular formula is C27H30N2O2. The van der Waals surface area contributed by atoms with Crippen LogP contribution in [0.2, 0.25) is 0 Å². The van der Waals surface area contributed by atoms with Crippen molar-refractivity contribution in [2.75, 3.05) is 13.6 Å². The van der Waals surface area contributed by atoms with E-state index in [4.69, 9.17) is 0 Å². The first-order chi connectivity index (χ1) is 15.0. The zero-order chi connectivity index (χ0) is 21.8. The molecule has 4 rings (SSSR count). The van der Waals surface area contributed by atoms with Crippen molar-refractivity contribution in [1.29, 1.82) is 0 Å². The van der Waals surface area contributed by atoms with Crippen molar-refractivity contribution in [1.82, 2.24) is 10.6 Å². The number of Topliss-reactive ketones (excluding diaryl/α,β-unsaturated/α-hetero) is 2. The molecule has 1 aliphatic carbocycles. The van der Waals surface area contributed by atoms with E-state index < -0.39 is 0 Å². The van der Waals surface area contributed by atoms with Crippen LogP contribution in [0.15, 0.2) is 66.7 Å². The van der Waals surface area contributed by atoms with Crippen LogP contribution >= 0.6 is 0 Å². The second kappa shape index (κ2) is 9.54. The van der Waals surface area contributed by atoms with Crippen LogP contribution in [0.25, 0.3) is 10.8 Å². The highest BCUT2D eigenvalue weighted by Gasteiger charge is 2.32. The van der Waals surface area contributed by atoms with Gasteiger partial charge < -0.3 is 10.6 Å². The maximum Gasteiger partial charge on any atom is 0.163 e. The molecule has 0 fully saturated rings. The molecule has 0 unspecified atom stereocenters. The van der Waals surface area contributed by atoms with Crippen molar-refractivity contribution < 1.29 is 9.59 Å². The summed E-state index contributed by atoms with van der Waals surface area (Å²) in [5.74, 6) is 0.424. The Labute approximate surface area is 184 Å². The summed E-state index contributed by atoms with van der Waals surface area (Å²) in [7, 11) is 1.85. The fourth-order valence-electron chi connectivity index (χ4n) is 4.78. The van der Waals surface area contributed by atoms with E-state index in [-0.39, 0.29) is 36.1 Å². The van der Waals surface area contributed by atoms with Crippen molar-refractivity contribution >= 4 is 22.3 Å². The molecule has 4 heteroatoms. The van der Waals surface area contributed by atoms with Gasteiger partial charge >= 0.3 is 0 Å². The molecule has 160 valence electrons. The van der Waals surface area contributed by atoms with E-state index in [0.29, 0.717) is 6.42 Å². The number of benzene rings is 3. The molecule has 2 N–H and O–H groups in total. The first-order valence-corrected chi connectivity index (χ1v) is 11.0. The van der Waals surface area contributed by atoms with Crippen LogP contribution in [0.1, 0.15) is 23.6 Å². The number of hydrogen-bond donors (Lipinski definition) is 2. The Morgan fingerprint density at radius 1 is 0.935 bits per heavy atom. The number of rotatable bonds is 9. The van der Waals surface area contributed by atoms with Gasteiger partial charge in [0.2, 0.25) is 0 Å². The van der Waals surface area contributed by atoms with Crippen LogP contribution in [0.3, 0.4) is 0 Å². The molecule has 0 aliphatic heterocycles.